The third kappa shape index (κ3) is 2.31. The van der Waals surface area contributed by atoms with Crippen LogP contribution in [0.15, 0.2) is 6.20 Å². The van der Waals surface area contributed by atoms with Crippen molar-refractivity contribution in [3.05, 3.63) is 21.4 Å². The van der Waals surface area contributed by atoms with Crippen molar-refractivity contribution in [2.75, 3.05) is 13.3 Å². The van der Waals surface area contributed by atoms with Gasteiger partial charge in [0.05, 0.1) is 6.61 Å². The minimum atomic E-state index is -2.85. The average Bonchev–Trinajstić information content (AvgIpc) is 2.67. The van der Waals surface area contributed by atoms with Crippen LogP contribution >= 0.6 is 24.4 Å². The third-order valence-electron chi connectivity index (χ3n) is 3.12. The molecule has 4 atom stereocenters. The predicted octanol–water partition coefficient (Wildman–Crippen LogP) is 1.34. The van der Waals surface area contributed by atoms with E-state index >= 15 is 0 Å². The van der Waals surface area contributed by atoms with Crippen LogP contribution in [0.3, 0.4) is 0 Å². The van der Waals surface area contributed by atoms with Crippen LogP contribution in [0, 0.1) is 15.2 Å². The first-order chi connectivity index (χ1) is 9.35. The van der Waals surface area contributed by atoms with Gasteiger partial charge in [0.2, 0.25) is 5.67 Å². The molecule has 112 valence electrons. The molecule has 1 aliphatic rings. The zero-order valence-electron chi connectivity index (χ0n) is 9.92. The summed E-state index contributed by atoms with van der Waals surface area (Å²) >= 11 is 9.48. The van der Waals surface area contributed by atoms with Gasteiger partial charge in [-0.2, -0.15) is 0 Å². The molecular weight excluding hydrogens is 317 g/mol. The smallest absolute Gasteiger partial charge is 0.212 e. The highest BCUT2D eigenvalue weighted by molar-refractivity contribution is 7.72. The molecule has 0 aromatic carbocycles. The highest BCUT2D eigenvalue weighted by Gasteiger charge is 2.58. The maximum absolute atomic E-state index is 14.5. The van der Waals surface area contributed by atoms with Crippen LogP contribution in [0.5, 0.6) is 0 Å². The molecule has 10 heteroatoms. The van der Waals surface area contributed by atoms with Gasteiger partial charge in [0, 0.05) is 6.20 Å². The van der Waals surface area contributed by atoms with Crippen LogP contribution in [0.2, 0.25) is 0 Å². The third-order valence-corrected chi connectivity index (χ3v) is 3.73. The van der Waals surface area contributed by atoms with Crippen molar-refractivity contribution in [1.82, 2.24) is 9.55 Å². The van der Waals surface area contributed by atoms with Crippen molar-refractivity contribution in [2.45, 2.75) is 24.1 Å². The Morgan fingerprint density at radius 2 is 2.15 bits per heavy atom. The molecule has 0 spiro atoms. The number of aliphatic hydroxyl groups is 2. The largest absolute Gasteiger partial charge is 0.394 e. The summed E-state index contributed by atoms with van der Waals surface area (Å²) in [6.45, 7) is -2.31. The number of aliphatic hydroxyl groups excluding tert-OH is 2. The molecular formula is C10H11F3N2O3S2. The number of aromatic nitrogens is 2. The van der Waals surface area contributed by atoms with Crippen molar-refractivity contribution >= 4 is 24.4 Å². The van der Waals surface area contributed by atoms with Gasteiger partial charge in [0.1, 0.15) is 23.5 Å². The lowest BCUT2D eigenvalue weighted by Crippen LogP contribution is -2.45. The van der Waals surface area contributed by atoms with Gasteiger partial charge in [-0.1, -0.05) is 12.2 Å². The van der Waals surface area contributed by atoms with E-state index in [2.05, 4.69) is 17.2 Å². The topological polar surface area (TPSA) is 70.4 Å². The number of nitrogens with zero attached hydrogens (tertiary/aromatic N) is 1. The molecule has 3 N–H and O–H groups in total. The van der Waals surface area contributed by atoms with Crippen LogP contribution in [0.25, 0.3) is 0 Å². The molecule has 0 saturated carbocycles. The molecule has 2 rings (SSSR count). The van der Waals surface area contributed by atoms with E-state index in [4.69, 9.17) is 22.1 Å². The predicted molar refractivity (Wildman–Crippen MR) is 67.2 cm³/mol. The Morgan fingerprint density at radius 1 is 1.50 bits per heavy atom. The van der Waals surface area contributed by atoms with Gasteiger partial charge in [-0.3, -0.25) is 4.57 Å². The Balaban J connectivity index is 2.54. The van der Waals surface area contributed by atoms with Gasteiger partial charge in [-0.05, 0) is 12.2 Å². The van der Waals surface area contributed by atoms with Gasteiger partial charge >= 0.3 is 0 Å². The molecule has 1 aromatic rings. The minimum absolute atomic E-state index is 0.192. The lowest BCUT2D eigenvalue weighted by molar-refractivity contribution is -0.0728. The van der Waals surface area contributed by atoms with E-state index in [0.717, 1.165) is 10.8 Å². The second-order valence-electron chi connectivity index (χ2n) is 4.36. The van der Waals surface area contributed by atoms with E-state index in [9.17, 15) is 18.3 Å². The number of ether oxygens (including phenoxy) is 1. The first-order valence-corrected chi connectivity index (χ1v) is 6.37. The zero-order valence-corrected chi connectivity index (χ0v) is 11.6. The first kappa shape index (κ1) is 15.6. The fraction of sp³-hybridized carbons (Fsp3) is 0.600. The van der Waals surface area contributed by atoms with E-state index < -0.39 is 43.2 Å². The molecule has 5 nitrogen and oxygen atoms in total. The Hall–Kier alpha value is -0.810. The van der Waals surface area contributed by atoms with E-state index in [1.54, 1.807) is 0 Å². The minimum Gasteiger partial charge on any atom is -0.394 e. The van der Waals surface area contributed by atoms with Gasteiger partial charge in [0.25, 0.3) is 0 Å². The number of aromatic amines is 1. The van der Waals surface area contributed by atoms with Gasteiger partial charge < -0.3 is 19.9 Å². The van der Waals surface area contributed by atoms with Crippen molar-refractivity contribution in [3.8, 4) is 0 Å². The summed E-state index contributed by atoms with van der Waals surface area (Å²) in [6, 6.07) is 0. The fourth-order valence-corrected chi connectivity index (χ4v) is 2.49. The van der Waals surface area contributed by atoms with E-state index in [-0.39, 0.29) is 9.41 Å². The lowest BCUT2D eigenvalue weighted by Gasteiger charge is -2.26. The van der Waals surface area contributed by atoms with Crippen molar-refractivity contribution in [1.29, 1.82) is 0 Å². The standard InChI is InChI=1S/C10H11F3N2O3S2/c11-3-10(13)6(17)5(2-16)18-8(10)15-1-4(12)7(19)14-9(15)20/h1,5-6,8,16-17H,2-3H2,(H,14,19,20)/t5-,6?,8-,10-/m1/s1. The van der Waals surface area contributed by atoms with Crippen molar-refractivity contribution in [2.24, 2.45) is 0 Å². The average molecular weight is 328 g/mol. The molecule has 0 aliphatic carbocycles. The van der Waals surface area contributed by atoms with Gasteiger partial charge in [0.15, 0.2) is 16.8 Å². The normalized spacial score (nSPS) is 33.5. The highest BCUT2D eigenvalue weighted by Crippen LogP contribution is 2.42. The second-order valence-corrected chi connectivity index (χ2v) is 5.15. The maximum Gasteiger partial charge on any atom is 0.212 e. The molecule has 1 unspecified atom stereocenters. The number of hydrogen-bond acceptors (Lipinski definition) is 5. The number of hydrogen-bond donors (Lipinski definition) is 3. The quantitative estimate of drug-likeness (QED) is 0.731. The van der Waals surface area contributed by atoms with Crippen LogP contribution in [-0.2, 0) is 4.74 Å². The van der Waals surface area contributed by atoms with Crippen LogP contribution < -0.4 is 0 Å². The van der Waals surface area contributed by atoms with E-state index in [1.807, 2.05) is 0 Å². The van der Waals surface area contributed by atoms with Crippen molar-refractivity contribution in [3.63, 3.8) is 0 Å². The second kappa shape index (κ2) is 5.53. The number of alkyl halides is 2. The van der Waals surface area contributed by atoms with Crippen LogP contribution in [0.1, 0.15) is 6.23 Å². The molecule has 2 heterocycles. The number of rotatable bonds is 3. The summed E-state index contributed by atoms with van der Waals surface area (Å²) in [5, 5.41) is 18.7. The Kier molecular flexibility index (Phi) is 4.30. The van der Waals surface area contributed by atoms with Crippen molar-refractivity contribution < 1.29 is 28.1 Å². The summed E-state index contributed by atoms with van der Waals surface area (Å²) in [5.74, 6) is -0.902. The summed E-state index contributed by atoms with van der Waals surface area (Å²) in [7, 11) is 0. The van der Waals surface area contributed by atoms with Gasteiger partial charge in [-0.15, -0.1) is 0 Å². The number of H-pyrrole nitrogens is 1. The molecule has 20 heavy (non-hydrogen) atoms. The zero-order chi connectivity index (χ0) is 15.1. The van der Waals surface area contributed by atoms with E-state index in [1.165, 1.54) is 0 Å². The van der Waals surface area contributed by atoms with E-state index in [0.29, 0.717) is 0 Å². The fourth-order valence-electron chi connectivity index (χ4n) is 2.03. The summed E-state index contributed by atoms with van der Waals surface area (Å²) in [6.07, 6.45) is -4.19. The monoisotopic (exact) mass is 328 g/mol. The maximum atomic E-state index is 14.5. The SMILES string of the molecule is OC[C@H]1O[C@@H](n2cc(F)c(=S)[nH]c2=S)[C@@](F)(CF)C1O. The van der Waals surface area contributed by atoms with Gasteiger partial charge in [-0.25, -0.2) is 13.2 Å². The molecule has 1 aliphatic heterocycles. The Labute approximate surface area is 121 Å². The number of halogens is 3. The Morgan fingerprint density at radius 3 is 2.70 bits per heavy atom. The lowest BCUT2D eigenvalue weighted by atomic mass is 9.97. The molecule has 1 saturated heterocycles. The molecule has 1 aromatic heterocycles. The first-order valence-electron chi connectivity index (χ1n) is 5.55. The van der Waals surface area contributed by atoms with Crippen LogP contribution in [0.4, 0.5) is 13.2 Å². The molecule has 1 fully saturated rings. The summed E-state index contributed by atoms with van der Waals surface area (Å²) in [5.41, 5.74) is -2.85. The number of nitrogens with one attached hydrogen (secondary N) is 1. The summed E-state index contributed by atoms with van der Waals surface area (Å²) < 4.78 is 46.4. The van der Waals surface area contributed by atoms with Crippen LogP contribution in [-0.4, -0.2) is 50.9 Å². The Bertz CT molecular complexity index is 623. The highest BCUT2D eigenvalue weighted by atomic mass is 32.1. The summed E-state index contributed by atoms with van der Waals surface area (Å²) in [4.78, 5) is 2.30. The molecule has 0 amide bonds. The molecule has 0 bridgehead atoms. The molecule has 0 radical (unpaired) electrons.